The quantitative estimate of drug-likeness (QED) is 0.132. The second kappa shape index (κ2) is 9.67. The van der Waals surface area contributed by atoms with Gasteiger partial charge in [-0.15, -0.1) is 0 Å². The number of methoxy groups -OCH3 is 2. The number of β-lactam (4-membered cyclic amide) rings is 1. The van der Waals surface area contributed by atoms with E-state index in [-0.39, 0.29) is 31.2 Å². The van der Waals surface area contributed by atoms with Crippen molar-refractivity contribution in [2.75, 3.05) is 19.1 Å². The summed E-state index contributed by atoms with van der Waals surface area (Å²) in [5.41, 5.74) is 0.687. The molecule has 1 fully saturated rings. The van der Waals surface area contributed by atoms with Crippen molar-refractivity contribution in [3.8, 4) is 11.5 Å². The monoisotopic (exact) mass is 642 g/mol. The largest absolute Gasteiger partial charge is 0.497 e. The van der Waals surface area contributed by atoms with E-state index in [1.807, 2.05) is 0 Å². The van der Waals surface area contributed by atoms with Crippen molar-refractivity contribution in [1.29, 1.82) is 0 Å². The second-order valence-electron chi connectivity index (χ2n) is 8.17. The fraction of sp³-hybridized carbons (Fsp3) is 0.160. The molecule has 37 heavy (non-hydrogen) atoms. The summed E-state index contributed by atoms with van der Waals surface area (Å²) in [6.45, 7) is 0. The van der Waals surface area contributed by atoms with Gasteiger partial charge in [0.25, 0.3) is 17.7 Å². The molecule has 5 rings (SSSR count). The van der Waals surface area contributed by atoms with E-state index in [9.17, 15) is 14.4 Å². The maximum absolute atomic E-state index is 13.7. The van der Waals surface area contributed by atoms with Crippen LogP contribution in [0.2, 0.25) is 20.1 Å². The smallest absolute Gasteiger partial charge is 0.264 e. The molecule has 1 saturated heterocycles. The van der Waals surface area contributed by atoms with Crippen molar-refractivity contribution in [3.63, 3.8) is 0 Å². The van der Waals surface area contributed by atoms with E-state index in [2.05, 4.69) is 15.9 Å². The minimum Gasteiger partial charge on any atom is -0.497 e. The number of benzene rings is 3. The molecule has 0 unspecified atom stereocenters. The van der Waals surface area contributed by atoms with Crippen molar-refractivity contribution in [2.45, 2.75) is 12.1 Å². The molecule has 0 radical (unpaired) electrons. The predicted molar refractivity (Wildman–Crippen MR) is 145 cm³/mol. The van der Waals surface area contributed by atoms with Gasteiger partial charge in [-0.3, -0.25) is 19.3 Å². The molecule has 3 amide bonds. The third-order valence-electron chi connectivity index (χ3n) is 6.34. The first kappa shape index (κ1) is 26.1. The van der Waals surface area contributed by atoms with Gasteiger partial charge in [0.2, 0.25) is 0 Å². The van der Waals surface area contributed by atoms with Crippen LogP contribution >= 0.6 is 62.3 Å². The number of carbonyl (C=O) groups is 3. The fourth-order valence-corrected chi connectivity index (χ4v) is 5.89. The van der Waals surface area contributed by atoms with Crippen molar-refractivity contribution in [2.24, 2.45) is 0 Å². The Bertz CT molecular complexity index is 1450. The predicted octanol–water partition coefficient (Wildman–Crippen LogP) is 6.83. The molecule has 3 aromatic carbocycles. The molecule has 0 aliphatic carbocycles. The van der Waals surface area contributed by atoms with E-state index in [1.54, 1.807) is 42.5 Å². The Morgan fingerprint density at radius 1 is 0.730 bits per heavy atom. The maximum atomic E-state index is 13.7. The molecule has 12 heteroatoms. The van der Waals surface area contributed by atoms with Crippen LogP contribution in [0, 0.1) is 0 Å². The number of fused-ring (bicyclic) bond motifs is 1. The molecular weight excluding hydrogens is 630 g/mol. The molecule has 0 aromatic heterocycles. The number of carbonyl (C=O) groups excluding carboxylic acids is 3. The van der Waals surface area contributed by atoms with E-state index in [0.717, 1.165) is 9.37 Å². The lowest BCUT2D eigenvalue weighted by Crippen LogP contribution is -2.67. The molecule has 2 aliphatic rings. The SMILES string of the molecule is COc1ccc(OC)c([C@@H]2[C@@H](N3C(=O)c4c(Cl)c(Cl)c(Cl)c(Cl)c4C3=O)C(=O)N2c2ccc(Br)cc2)c1. The first-order valence-corrected chi connectivity index (χ1v) is 13.0. The molecule has 2 atom stereocenters. The molecule has 3 aromatic rings. The summed E-state index contributed by atoms with van der Waals surface area (Å²) in [4.78, 5) is 43.2. The molecule has 7 nitrogen and oxygen atoms in total. The number of amides is 3. The van der Waals surface area contributed by atoms with Crippen molar-refractivity contribution >= 4 is 85.7 Å². The minimum atomic E-state index is -1.23. The molecular formula is C25H15BrCl4N2O5. The lowest BCUT2D eigenvalue weighted by atomic mass is 9.85. The summed E-state index contributed by atoms with van der Waals surface area (Å²) in [5, 5.41) is -0.729. The van der Waals surface area contributed by atoms with Crippen LogP contribution in [-0.2, 0) is 4.79 Å². The topological polar surface area (TPSA) is 76.1 Å². The molecule has 0 saturated carbocycles. The highest BCUT2D eigenvalue weighted by atomic mass is 79.9. The zero-order chi connectivity index (χ0) is 26.8. The fourth-order valence-electron chi connectivity index (χ4n) is 4.61. The molecule has 2 heterocycles. The summed E-state index contributed by atoms with van der Waals surface area (Å²) < 4.78 is 11.8. The normalized spacial score (nSPS) is 18.7. The van der Waals surface area contributed by atoms with Gasteiger partial charge < -0.3 is 14.4 Å². The number of halogens is 5. The number of hydrogen-bond acceptors (Lipinski definition) is 5. The van der Waals surface area contributed by atoms with E-state index in [0.29, 0.717) is 22.7 Å². The highest BCUT2D eigenvalue weighted by Crippen LogP contribution is 2.50. The molecule has 0 spiro atoms. The van der Waals surface area contributed by atoms with E-state index < -0.39 is 29.8 Å². The average molecular weight is 645 g/mol. The molecule has 2 aliphatic heterocycles. The van der Waals surface area contributed by atoms with Crippen molar-refractivity contribution < 1.29 is 23.9 Å². The van der Waals surface area contributed by atoms with Crippen LogP contribution in [-0.4, -0.2) is 42.9 Å². The van der Waals surface area contributed by atoms with Crippen molar-refractivity contribution in [3.05, 3.63) is 83.7 Å². The number of anilines is 1. The summed E-state index contributed by atoms with van der Waals surface area (Å²) in [5.74, 6) is -1.16. The van der Waals surface area contributed by atoms with Gasteiger partial charge in [0.1, 0.15) is 17.5 Å². The van der Waals surface area contributed by atoms with E-state index in [1.165, 1.54) is 19.1 Å². The first-order valence-electron chi connectivity index (χ1n) is 10.7. The zero-order valence-electron chi connectivity index (χ0n) is 19.0. The third kappa shape index (κ3) is 3.89. The summed E-state index contributed by atoms with van der Waals surface area (Å²) in [7, 11) is 2.99. The van der Waals surface area contributed by atoms with Crippen molar-refractivity contribution in [1.82, 2.24) is 4.90 Å². The molecule has 0 bridgehead atoms. The minimum absolute atomic E-state index is 0.155. The van der Waals surface area contributed by atoms with Gasteiger partial charge in [-0.2, -0.15) is 0 Å². The number of rotatable bonds is 5. The first-order chi connectivity index (χ1) is 17.6. The standard InChI is InChI=1S/C25H15BrCl4N2O5/c1-36-12-7-8-14(37-2)13(9-12)21-22(25(35)31(21)11-5-3-10(26)4-6-11)32-23(33)15-16(24(32)34)18(28)20(30)19(29)17(15)27/h3-9,21-22H,1-2H3/t21-,22-/m1/s1. The highest BCUT2D eigenvalue weighted by molar-refractivity contribution is 9.10. The Morgan fingerprint density at radius 2 is 1.30 bits per heavy atom. The molecule has 190 valence electrons. The summed E-state index contributed by atoms with van der Waals surface area (Å²) >= 11 is 28.3. The Labute approximate surface area is 239 Å². The van der Waals surface area contributed by atoms with Gasteiger partial charge in [0.05, 0.1) is 51.5 Å². The average Bonchev–Trinajstić information content (AvgIpc) is 3.15. The lowest BCUT2D eigenvalue weighted by molar-refractivity contribution is -0.130. The Kier molecular flexibility index (Phi) is 6.83. The van der Waals surface area contributed by atoms with Crippen LogP contribution < -0.4 is 14.4 Å². The second-order valence-corrected chi connectivity index (χ2v) is 10.6. The van der Waals surface area contributed by atoms with Gasteiger partial charge in [-0.05, 0) is 42.5 Å². The highest BCUT2D eigenvalue weighted by Gasteiger charge is 2.59. The van der Waals surface area contributed by atoms with Crippen LogP contribution in [0.15, 0.2) is 46.9 Å². The zero-order valence-corrected chi connectivity index (χ0v) is 23.6. The van der Waals surface area contributed by atoms with E-state index in [4.69, 9.17) is 55.9 Å². The summed E-state index contributed by atoms with van der Waals surface area (Å²) in [6.07, 6.45) is 0. The Morgan fingerprint density at radius 3 is 1.81 bits per heavy atom. The summed E-state index contributed by atoms with van der Waals surface area (Å²) in [6, 6.07) is 10.1. The maximum Gasteiger partial charge on any atom is 0.264 e. The van der Waals surface area contributed by atoms with E-state index >= 15 is 0 Å². The molecule has 0 N–H and O–H groups in total. The van der Waals surface area contributed by atoms with Crippen LogP contribution in [0.25, 0.3) is 0 Å². The van der Waals surface area contributed by atoms with Crippen LogP contribution in [0.5, 0.6) is 11.5 Å². The van der Waals surface area contributed by atoms with Gasteiger partial charge >= 0.3 is 0 Å². The van der Waals surface area contributed by atoms with Gasteiger partial charge in [-0.25, -0.2) is 0 Å². The van der Waals surface area contributed by atoms with Gasteiger partial charge in [-0.1, -0.05) is 62.3 Å². The third-order valence-corrected chi connectivity index (χ3v) is 8.67. The van der Waals surface area contributed by atoms with Gasteiger partial charge in [0, 0.05) is 15.7 Å². The van der Waals surface area contributed by atoms with Crippen LogP contribution in [0.1, 0.15) is 32.3 Å². The van der Waals surface area contributed by atoms with Gasteiger partial charge in [0.15, 0.2) is 0 Å². The number of ether oxygens (including phenoxy) is 2. The number of nitrogens with zero attached hydrogens (tertiary/aromatic N) is 2. The Hall–Kier alpha value is -2.49. The van der Waals surface area contributed by atoms with Crippen LogP contribution in [0.3, 0.4) is 0 Å². The number of imide groups is 1. The lowest BCUT2D eigenvalue weighted by Gasteiger charge is -2.50. The number of hydrogen-bond donors (Lipinski definition) is 0. The Balaban J connectivity index is 1.68. The van der Waals surface area contributed by atoms with Crippen LogP contribution in [0.4, 0.5) is 5.69 Å².